The number of sulfonamides is 1. The Kier molecular flexibility index (Phi) is 8.61. The summed E-state index contributed by atoms with van der Waals surface area (Å²) in [5.41, 5.74) is 0.120. The van der Waals surface area contributed by atoms with Crippen molar-refractivity contribution in [2.24, 2.45) is 0 Å². The average Bonchev–Trinajstić information content (AvgIpc) is 2.82. The minimum atomic E-state index is -4.00. The number of benzene rings is 2. The molecule has 1 aliphatic heterocycles. The highest BCUT2D eigenvalue weighted by atomic mass is 35.5. The zero-order chi connectivity index (χ0) is 24.9. The van der Waals surface area contributed by atoms with Gasteiger partial charge in [0.05, 0.1) is 43.0 Å². The maximum absolute atomic E-state index is 13.0. The van der Waals surface area contributed by atoms with E-state index in [1.165, 1.54) is 18.5 Å². The summed E-state index contributed by atoms with van der Waals surface area (Å²) in [7, 11) is -1.07. The van der Waals surface area contributed by atoms with Crippen molar-refractivity contribution >= 4 is 50.8 Å². The lowest BCUT2D eigenvalue weighted by Crippen LogP contribution is -2.40. The summed E-state index contributed by atoms with van der Waals surface area (Å²) < 4.78 is 47.6. The first-order valence-corrected chi connectivity index (χ1v) is 12.1. The Morgan fingerprint density at radius 3 is 2.21 bits per heavy atom. The van der Waals surface area contributed by atoms with Crippen LogP contribution in [0.5, 0.6) is 11.5 Å². The second-order valence-corrected chi connectivity index (χ2v) is 9.73. The molecule has 0 atom stereocenters. The van der Waals surface area contributed by atoms with E-state index >= 15 is 0 Å². The molecule has 2 aromatic carbocycles. The van der Waals surface area contributed by atoms with E-state index in [9.17, 15) is 18.0 Å². The molecule has 0 radical (unpaired) electrons. The standard InChI is InChI=1S/C21H22Cl2N2O8S/c1-30-14-7-13(8-15(9-14)31-2)24-20(26)12-33-21(27)16-10-19(18(23)11-17(16)22)34(28,29)25-3-5-32-6-4-25/h7-11H,3-6,12H2,1-2H3,(H,24,26). The number of hydrogen-bond donors (Lipinski definition) is 1. The van der Waals surface area contributed by atoms with Crippen molar-refractivity contribution in [1.29, 1.82) is 0 Å². The molecule has 2 aromatic rings. The minimum Gasteiger partial charge on any atom is -0.497 e. The predicted molar refractivity (Wildman–Crippen MR) is 124 cm³/mol. The van der Waals surface area contributed by atoms with Crippen LogP contribution in [0.3, 0.4) is 0 Å². The number of hydrogen-bond acceptors (Lipinski definition) is 8. The Labute approximate surface area is 206 Å². The van der Waals surface area contributed by atoms with Gasteiger partial charge in [0.2, 0.25) is 10.0 Å². The molecule has 0 spiro atoms. The van der Waals surface area contributed by atoms with Crippen molar-refractivity contribution in [3.05, 3.63) is 45.9 Å². The quantitative estimate of drug-likeness (QED) is 0.515. The van der Waals surface area contributed by atoms with E-state index in [2.05, 4.69) is 5.32 Å². The maximum atomic E-state index is 13.0. The van der Waals surface area contributed by atoms with E-state index in [4.69, 9.17) is 42.1 Å². The monoisotopic (exact) mass is 532 g/mol. The SMILES string of the molecule is COc1cc(NC(=O)COC(=O)c2cc(S(=O)(=O)N3CCOCC3)c(Cl)cc2Cl)cc(OC)c1. The van der Waals surface area contributed by atoms with Gasteiger partial charge in [0.15, 0.2) is 6.61 Å². The lowest BCUT2D eigenvalue weighted by Gasteiger charge is -2.26. The summed E-state index contributed by atoms with van der Waals surface area (Å²) in [6.45, 7) is 0.136. The molecule has 1 N–H and O–H groups in total. The van der Waals surface area contributed by atoms with E-state index in [0.29, 0.717) is 17.2 Å². The summed E-state index contributed by atoms with van der Waals surface area (Å²) in [6, 6.07) is 6.93. The zero-order valence-corrected chi connectivity index (χ0v) is 20.6. The number of methoxy groups -OCH3 is 2. The molecule has 0 aromatic heterocycles. The topological polar surface area (TPSA) is 120 Å². The smallest absolute Gasteiger partial charge is 0.340 e. The van der Waals surface area contributed by atoms with Gasteiger partial charge in [-0.2, -0.15) is 4.31 Å². The lowest BCUT2D eigenvalue weighted by molar-refractivity contribution is -0.119. The van der Waals surface area contributed by atoms with Crippen LogP contribution in [0.15, 0.2) is 35.2 Å². The first-order valence-electron chi connectivity index (χ1n) is 9.92. The van der Waals surface area contributed by atoms with Gasteiger partial charge in [-0.25, -0.2) is 13.2 Å². The van der Waals surface area contributed by atoms with Crippen LogP contribution < -0.4 is 14.8 Å². The maximum Gasteiger partial charge on any atom is 0.340 e. The van der Waals surface area contributed by atoms with Crippen LogP contribution in [0.1, 0.15) is 10.4 Å². The molecule has 1 amide bonds. The first kappa shape index (κ1) is 26.0. The largest absolute Gasteiger partial charge is 0.497 e. The summed E-state index contributed by atoms with van der Waals surface area (Å²) in [5.74, 6) is -0.726. The van der Waals surface area contributed by atoms with Crippen molar-refractivity contribution in [2.45, 2.75) is 4.90 Å². The van der Waals surface area contributed by atoms with Crippen LogP contribution >= 0.6 is 23.2 Å². The van der Waals surface area contributed by atoms with Crippen LogP contribution in [0.2, 0.25) is 10.0 Å². The number of carbonyl (C=O) groups is 2. The Morgan fingerprint density at radius 2 is 1.62 bits per heavy atom. The molecule has 1 heterocycles. The molecule has 0 saturated carbocycles. The van der Waals surface area contributed by atoms with Gasteiger partial charge in [0, 0.05) is 37.0 Å². The number of morpholine rings is 1. The fourth-order valence-electron chi connectivity index (χ4n) is 3.09. The molecule has 0 bridgehead atoms. The normalized spacial score (nSPS) is 14.4. The average molecular weight is 533 g/mol. The number of amides is 1. The number of anilines is 1. The van der Waals surface area contributed by atoms with Gasteiger partial charge in [-0.15, -0.1) is 0 Å². The van der Waals surface area contributed by atoms with Crippen LogP contribution in [-0.4, -0.2) is 71.7 Å². The number of esters is 1. The first-order chi connectivity index (χ1) is 16.1. The predicted octanol–water partition coefficient (Wildman–Crippen LogP) is 2.83. The summed E-state index contributed by atoms with van der Waals surface area (Å²) in [4.78, 5) is 24.6. The van der Waals surface area contributed by atoms with Gasteiger partial charge in [-0.05, 0) is 12.1 Å². The van der Waals surface area contributed by atoms with Gasteiger partial charge in [0.1, 0.15) is 16.4 Å². The number of rotatable bonds is 8. The third kappa shape index (κ3) is 6.10. The lowest BCUT2D eigenvalue weighted by atomic mass is 10.2. The number of halogens is 2. The molecule has 34 heavy (non-hydrogen) atoms. The Morgan fingerprint density at radius 1 is 1.00 bits per heavy atom. The van der Waals surface area contributed by atoms with E-state index < -0.39 is 28.5 Å². The molecule has 0 aliphatic carbocycles. The molecule has 13 heteroatoms. The Balaban J connectivity index is 1.72. The molecular formula is C21H22Cl2N2O8S. The second kappa shape index (κ2) is 11.2. The fraction of sp³-hybridized carbons (Fsp3) is 0.333. The molecule has 3 rings (SSSR count). The number of nitrogens with zero attached hydrogens (tertiary/aromatic N) is 1. The highest BCUT2D eigenvalue weighted by molar-refractivity contribution is 7.89. The van der Waals surface area contributed by atoms with Crippen LogP contribution in [0.25, 0.3) is 0 Å². The number of carbonyl (C=O) groups excluding carboxylic acids is 2. The number of ether oxygens (including phenoxy) is 4. The summed E-state index contributed by atoms with van der Waals surface area (Å²) in [5, 5.41) is 2.30. The van der Waals surface area contributed by atoms with Crippen molar-refractivity contribution in [1.82, 2.24) is 4.31 Å². The fourth-order valence-corrected chi connectivity index (χ4v) is 5.33. The van der Waals surface area contributed by atoms with Crippen molar-refractivity contribution < 1.29 is 37.0 Å². The van der Waals surface area contributed by atoms with E-state index in [1.54, 1.807) is 18.2 Å². The molecule has 184 valence electrons. The molecule has 10 nitrogen and oxygen atoms in total. The van der Waals surface area contributed by atoms with Gasteiger partial charge in [0.25, 0.3) is 5.91 Å². The van der Waals surface area contributed by atoms with E-state index in [0.717, 1.165) is 12.1 Å². The van der Waals surface area contributed by atoms with E-state index in [1.807, 2.05) is 0 Å². The Hall–Kier alpha value is -2.57. The molecule has 1 aliphatic rings. The van der Waals surface area contributed by atoms with E-state index in [-0.39, 0.29) is 46.8 Å². The molecule has 0 unspecified atom stereocenters. The second-order valence-electron chi connectivity index (χ2n) is 7.00. The third-order valence-corrected chi connectivity index (χ3v) is 7.47. The van der Waals surface area contributed by atoms with Gasteiger partial charge in [-0.3, -0.25) is 4.79 Å². The molecule has 1 saturated heterocycles. The van der Waals surface area contributed by atoms with Crippen LogP contribution in [0, 0.1) is 0 Å². The van der Waals surface area contributed by atoms with Gasteiger partial charge in [-0.1, -0.05) is 23.2 Å². The highest BCUT2D eigenvalue weighted by Gasteiger charge is 2.30. The zero-order valence-electron chi connectivity index (χ0n) is 18.3. The van der Waals surface area contributed by atoms with Crippen molar-refractivity contribution in [2.75, 3.05) is 52.4 Å². The van der Waals surface area contributed by atoms with Crippen LogP contribution in [-0.2, 0) is 24.3 Å². The molecular weight excluding hydrogens is 511 g/mol. The van der Waals surface area contributed by atoms with Gasteiger partial charge < -0.3 is 24.3 Å². The summed E-state index contributed by atoms with van der Waals surface area (Å²) >= 11 is 12.2. The molecule has 1 fully saturated rings. The van der Waals surface area contributed by atoms with Crippen molar-refractivity contribution in [3.63, 3.8) is 0 Å². The number of nitrogens with one attached hydrogen (secondary N) is 1. The minimum absolute atomic E-state index is 0.117. The highest BCUT2D eigenvalue weighted by Crippen LogP contribution is 2.31. The third-order valence-electron chi connectivity index (χ3n) is 4.80. The van der Waals surface area contributed by atoms with Crippen LogP contribution in [0.4, 0.5) is 5.69 Å². The summed E-state index contributed by atoms with van der Waals surface area (Å²) in [6.07, 6.45) is 0. The van der Waals surface area contributed by atoms with Crippen molar-refractivity contribution in [3.8, 4) is 11.5 Å². The Bertz CT molecular complexity index is 1160. The van der Waals surface area contributed by atoms with Gasteiger partial charge >= 0.3 is 5.97 Å².